The molecule has 5 nitrogen and oxygen atoms in total. The Morgan fingerprint density at radius 2 is 1.79 bits per heavy atom. The molecule has 0 bridgehead atoms. The topological polar surface area (TPSA) is 60.9 Å². The summed E-state index contributed by atoms with van der Waals surface area (Å²) in [5, 5.41) is 9.42. The Balaban J connectivity index is 2.18. The zero-order valence-electron chi connectivity index (χ0n) is 11.8. The summed E-state index contributed by atoms with van der Waals surface area (Å²) < 4.78 is 28.8. The first kappa shape index (κ1) is 15.2. The van der Waals surface area contributed by atoms with Gasteiger partial charge in [-0.25, -0.2) is 0 Å². The quantitative estimate of drug-likeness (QED) is 0.831. The van der Waals surface area contributed by atoms with E-state index in [-0.39, 0.29) is 18.7 Å². The first-order chi connectivity index (χ1) is 9.11. The van der Waals surface area contributed by atoms with Crippen LogP contribution >= 0.6 is 0 Å². The fourth-order valence-corrected chi connectivity index (χ4v) is 5.49. The van der Waals surface area contributed by atoms with Gasteiger partial charge in [0.05, 0.1) is 6.61 Å². The van der Waals surface area contributed by atoms with Crippen molar-refractivity contribution in [3.63, 3.8) is 0 Å². The van der Waals surface area contributed by atoms with Gasteiger partial charge in [0, 0.05) is 25.2 Å². The van der Waals surface area contributed by atoms with E-state index in [4.69, 9.17) is 0 Å². The highest BCUT2D eigenvalue weighted by Crippen LogP contribution is 2.29. The molecule has 1 saturated heterocycles. The van der Waals surface area contributed by atoms with Gasteiger partial charge in [-0.05, 0) is 25.7 Å². The molecule has 1 atom stereocenters. The standard InChI is InChI=1S/C13H26N2O3S/c1-2-14(12-7-3-4-8-12)19(17,18)15-10-6-5-9-13(15)11-16/h12-13,16H,2-11H2,1H3. The molecule has 1 aliphatic carbocycles. The summed E-state index contributed by atoms with van der Waals surface area (Å²) in [5.74, 6) is 0. The number of aliphatic hydroxyl groups excluding tert-OH is 1. The number of nitrogens with zero attached hydrogens (tertiary/aromatic N) is 2. The second kappa shape index (κ2) is 6.52. The molecule has 112 valence electrons. The van der Waals surface area contributed by atoms with Crippen LogP contribution in [0.4, 0.5) is 0 Å². The van der Waals surface area contributed by atoms with E-state index < -0.39 is 10.2 Å². The lowest BCUT2D eigenvalue weighted by atomic mass is 10.1. The van der Waals surface area contributed by atoms with Gasteiger partial charge in [0.25, 0.3) is 10.2 Å². The molecule has 1 unspecified atom stereocenters. The van der Waals surface area contributed by atoms with Gasteiger partial charge in [-0.15, -0.1) is 0 Å². The van der Waals surface area contributed by atoms with Crippen molar-refractivity contribution >= 4 is 10.2 Å². The van der Waals surface area contributed by atoms with E-state index in [1.807, 2.05) is 6.92 Å². The minimum absolute atomic E-state index is 0.0680. The molecule has 6 heteroatoms. The van der Waals surface area contributed by atoms with Crippen molar-refractivity contribution in [1.29, 1.82) is 0 Å². The first-order valence-electron chi connectivity index (χ1n) is 7.50. The summed E-state index contributed by atoms with van der Waals surface area (Å²) >= 11 is 0. The Hall–Kier alpha value is -0.170. The molecule has 1 N–H and O–H groups in total. The summed E-state index contributed by atoms with van der Waals surface area (Å²) in [7, 11) is -3.41. The summed E-state index contributed by atoms with van der Waals surface area (Å²) in [6.07, 6.45) is 6.89. The van der Waals surface area contributed by atoms with Crippen LogP contribution in [0, 0.1) is 0 Å². The fraction of sp³-hybridized carbons (Fsp3) is 1.00. The highest BCUT2D eigenvalue weighted by atomic mass is 32.2. The van der Waals surface area contributed by atoms with Crippen molar-refractivity contribution in [2.24, 2.45) is 0 Å². The summed E-state index contributed by atoms with van der Waals surface area (Å²) in [6, 6.07) is -0.0644. The van der Waals surface area contributed by atoms with Crippen LogP contribution in [0.15, 0.2) is 0 Å². The number of rotatable bonds is 5. The second-order valence-electron chi connectivity index (χ2n) is 5.59. The average molecular weight is 290 g/mol. The molecule has 2 rings (SSSR count). The van der Waals surface area contributed by atoms with Crippen LogP contribution in [0.25, 0.3) is 0 Å². The van der Waals surface area contributed by atoms with Gasteiger partial charge in [0.1, 0.15) is 0 Å². The molecule has 2 fully saturated rings. The molecular weight excluding hydrogens is 264 g/mol. The van der Waals surface area contributed by atoms with Crippen molar-refractivity contribution in [3.8, 4) is 0 Å². The van der Waals surface area contributed by atoms with Gasteiger partial charge in [-0.2, -0.15) is 17.0 Å². The third-order valence-corrected chi connectivity index (χ3v) is 6.64. The van der Waals surface area contributed by atoms with Gasteiger partial charge < -0.3 is 5.11 Å². The van der Waals surface area contributed by atoms with Crippen LogP contribution < -0.4 is 0 Å². The van der Waals surface area contributed by atoms with Gasteiger partial charge in [0.15, 0.2) is 0 Å². The minimum atomic E-state index is -3.41. The van der Waals surface area contributed by atoms with Crippen molar-refractivity contribution in [2.75, 3.05) is 19.7 Å². The van der Waals surface area contributed by atoms with Crippen LogP contribution in [0.1, 0.15) is 51.9 Å². The van der Waals surface area contributed by atoms with Crippen LogP contribution in [0.5, 0.6) is 0 Å². The smallest absolute Gasteiger partial charge is 0.282 e. The van der Waals surface area contributed by atoms with Gasteiger partial charge in [-0.3, -0.25) is 0 Å². The first-order valence-corrected chi connectivity index (χ1v) is 8.90. The Morgan fingerprint density at radius 3 is 2.37 bits per heavy atom. The van der Waals surface area contributed by atoms with Gasteiger partial charge in [-0.1, -0.05) is 26.2 Å². The van der Waals surface area contributed by atoms with Crippen LogP contribution in [-0.2, 0) is 10.2 Å². The molecule has 1 aliphatic heterocycles. The number of aliphatic hydroxyl groups is 1. The maximum atomic E-state index is 12.8. The Kier molecular flexibility index (Phi) is 5.22. The molecule has 1 heterocycles. The van der Waals surface area contributed by atoms with E-state index in [1.54, 1.807) is 8.61 Å². The SMILES string of the molecule is CCN(C1CCCC1)S(=O)(=O)N1CCCCC1CO. The summed E-state index contributed by atoms with van der Waals surface area (Å²) in [6.45, 7) is 2.92. The Labute approximate surface area is 116 Å². The molecule has 1 saturated carbocycles. The van der Waals surface area contributed by atoms with E-state index in [2.05, 4.69) is 0 Å². The molecule has 19 heavy (non-hydrogen) atoms. The highest BCUT2D eigenvalue weighted by molar-refractivity contribution is 7.86. The van der Waals surface area contributed by atoms with Crippen LogP contribution in [-0.4, -0.2) is 53.9 Å². The van der Waals surface area contributed by atoms with E-state index in [1.165, 1.54) is 0 Å². The number of hydrogen-bond donors (Lipinski definition) is 1. The third-order valence-electron chi connectivity index (χ3n) is 4.42. The lowest BCUT2D eigenvalue weighted by Crippen LogP contribution is -2.54. The fourth-order valence-electron chi connectivity index (χ4n) is 3.40. The molecule has 0 aromatic carbocycles. The lowest BCUT2D eigenvalue weighted by Gasteiger charge is -2.38. The maximum absolute atomic E-state index is 12.8. The maximum Gasteiger partial charge on any atom is 0.282 e. The van der Waals surface area contributed by atoms with E-state index in [9.17, 15) is 13.5 Å². The monoisotopic (exact) mass is 290 g/mol. The molecule has 0 spiro atoms. The third kappa shape index (κ3) is 3.12. The molecule has 0 radical (unpaired) electrons. The second-order valence-corrected chi connectivity index (χ2v) is 7.43. The van der Waals surface area contributed by atoms with E-state index in [0.717, 1.165) is 44.9 Å². The highest BCUT2D eigenvalue weighted by Gasteiger charge is 2.39. The normalized spacial score (nSPS) is 27.2. The predicted molar refractivity (Wildman–Crippen MR) is 75.0 cm³/mol. The zero-order chi connectivity index (χ0) is 13.9. The minimum Gasteiger partial charge on any atom is -0.395 e. The molecule has 0 aromatic rings. The molecule has 0 aromatic heterocycles. The van der Waals surface area contributed by atoms with E-state index in [0.29, 0.717) is 13.1 Å². The van der Waals surface area contributed by atoms with E-state index >= 15 is 0 Å². The van der Waals surface area contributed by atoms with Gasteiger partial charge >= 0.3 is 0 Å². The largest absolute Gasteiger partial charge is 0.395 e. The number of hydrogen-bond acceptors (Lipinski definition) is 3. The number of piperidine rings is 1. The summed E-state index contributed by atoms with van der Waals surface area (Å²) in [5.41, 5.74) is 0. The molecule has 0 amide bonds. The zero-order valence-corrected chi connectivity index (χ0v) is 12.6. The van der Waals surface area contributed by atoms with Crippen molar-refractivity contribution in [2.45, 2.75) is 64.0 Å². The Bertz CT molecular complexity index is 369. The molecular formula is C13H26N2O3S. The van der Waals surface area contributed by atoms with Crippen LogP contribution in [0.3, 0.4) is 0 Å². The van der Waals surface area contributed by atoms with Crippen molar-refractivity contribution in [3.05, 3.63) is 0 Å². The van der Waals surface area contributed by atoms with Crippen molar-refractivity contribution < 1.29 is 13.5 Å². The van der Waals surface area contributed by atoms with Crippen LogP contribution in [0.2, 0.25) is 0 Å². The Morgan fingerprint density at radius 1 is 1.16 bits per heavy atom. The molecule has 2 aliphatic rings. The predicted octanol–water partition coefficient (Wildman–Crippen LogP) is 1.34. The van der Waals surface area contributed by atoms with Gasteiger partial charge in [0.2, 0.25) is 0 Å². The lowest BCUT2D eigenvalue weighted by molar-refractivity contribution is 0.144. The van der Waals surface area contributed by atoms with Crippen molar-refractivity contribution in [1.82, 2.24) is 8.61 Å². The average Bonchev–Trinajstić information content (AvgIpc) is 2.93. The summed E-state index contributed by atoms with van der Waals surface area (Å²) in [4.78, 5) is 0.